The Morgan fingerprint density at radius 2 is 1.90 bits per heavy atom. The summed E-state index contributed by atoms with van der Waals surface area (Å²) in [7, 11) is -3.69. The molecule has 9 heteroatoms. The monoisotopic (exact) mass is 422 g/mol. The molecule has 0 unspecified atom stereocenters. The van der Waals surface area contributed by atoms with E-state index in [1.807, 2.05) is 19.1 Å². The van der Waals surface area contributed by atoms with Gasteiger partial charge in [-0.05, 0) is 49.6 Å². The lowest BCUT2D eigenvalue weighted by molar-refractivity contribution is 0.143. The van der Waals surface area contributed by atoms with E-state index in [2.05, 4.69) is 15.6 Å². The number of hydrogen-bond acceptors (Lipinski definition) is 5. The number of ether oxygens (including phenoxy) is 1. The first-order valence-corrected chi connectivity index (χ1v) is 11.3. The number of sulfonamides is 1. The number of hydrogen-bond donors (Lipinski definition) is 3. The van der Waals surface area contributed by atoms with Gasteiger partial charge in [0, 0.05) is 32.7 Å². The van der Waals surface area contributed by atoms with Gasteiger partial charge in [0.2, 0.25) is 10.0 Å². The molecule has 0 aliphatic rings. The molecule has 1 heterocycles. The minimum atomic E-state index is -3.69. The second kappa shape index (κ2) is 12.3. The summed E-state index contributed by atoms with van der Waals surface area (Å²) in [6.07, 6.45) is 4.37. The zero-order valence-electron chi connectivity index (χ0n) is 16.8. The molecule has 29 heavy (non-hydrogen) atoms. The number of unbranched alkanes of at least 4 members (excludes halogenated alkanes) is 1. The molecule has 0 aliphatic carbocycles. The van der Waals surface area contributed by atoms with E-state index in [4.69, 9.17) is 14.3 Å². The van der Waals surface area contributed by atoms with Crippen LogP contribution in [0.1, 0.15) is 31.1 Å². The van der Waals surface area contributed by atoms with Crippen molar-refractivity contribution in [3.8, 4) is 0 Å². The van der Waals surface area contributed by atoms with Crippen LogP contribution in [0.3, 0.4) is 0 Å². The lowest BCUT2D eigenvalue weighted by atomic mass is 10.2. The molecule has 2 rings (SSSR count). The molecule has 0 radical (unpaired) electrons. The highest BCUT2D eigenvalue weighted by Gasteiger charge is 2.07. The Balaban J connectivity index is 1.89. The van der Waals surface area contributed by atoms with Gasteiger partial charge in [-0.25, -0.2) is 18.5 Å². The van der Waals surface area contributed by atoms with Crippen molar-refractivity contribution in [3.63, 3.8) is 0 Å². The zero-order valence-corrected chi connectivity index (χ0v) is 17.6. The molecule has 0 bridgehead atoms. The first-order valence-electron chi connectivity index (χ1n) is 9.73. The number of benzene rings is 1. The van der Waals surface area contributed by atoms with Crippen LogP contribution in [0.5, 0.6) is 0 Å². The van der Waals surface area contributed by atoms with Crippen LogP contribution in [-0.2, 0) is 27.7 Å². The van der Waals surface area contributed by atoms with Gasteiger partial charge in [-0.2, -0.15) is 0 Å². The number of nitrogens with one attached hydrogen (secondary N) is 2. The molecule has 1 aromatic carbocycles. The fraction of sp³-hybridized carbons (Fsp3) is 0.450. The molecule has 0 saturated heterocycles. The minimum Gasteiger partial charge on any atom is -0.469 e. The Bertz CT molecular complexity index is 834. The summed E-state index contributed by atoms with van der Waals surface area (Å²) in [6, 6.07) is 10.2. The molecule has 160 valence electrons. The number of furan rings is 1. The van der Waals surface area contributed by atoms with Crippen LogP contribution in [0, 0.1) is 0 Å². The summed E-state index contributed by atoms with van der Waals surface area (Å²) in [5, 5.41) is 11.7. The first-order chi connectivity index (χ1) is 14.0. The van der Waals surface area contributed by atoms with Gasteiger partial charge < -0.3 is 19.8 Å². The van der Waals surface area contributed by atoms with E-state index < -0.39 is 10.0 Å². The average Bonchev–Trinajstić information content (AvgIpc) is 3.21. The normalized spacial score (nSPS) is 12.1. The topological polar surface area (TPSA) is 119 Å². The predicted molar refractivity (Wildman–Crippen MR) is 113 cm³/mol. The molecule has 0 atom stereocenters. The van der Waals surface area contributed by atoms with Crippen LogP contribution in [0.2, 0.25) is 0 Å². The highest BCUT2D eigenvalue weighted by Crippen LogP contribution is 2.09. The van der Waals surface area contributed by atoms with Gasteiger partial charge in [0.1, 0.15) is 5.76 Å². The summed E-state index contributed by atoms with van der Waals surface area (Å²) in [6.45, 7) is 5.36. The average molecular weight is 423 g/mol. The number of nitrogens with two attached hydrogens (primary N) is 1. The van der Waals surface area contributed by atoms with Gasteiger partial charge in [0.15, 0.2) is 5.96 Å². The van der Waals surface area contributed by atoms with Crippen molar-refractivity contribution in [1.29, 1.82) is 0 Å². The third kappa shape index (κ3) is 9.12. The number of rotatable bonds is 12. The molecular weight excluding hydrogens is 392 g/mol. The van der Waals surface area contributed by atoms with Crippen LogP contribution in [0.25, 0.3) is 0 Å². The third-order valence-electron chi connectivity index (χ3n) is 4.13. The maximum Gasteiger partial charge on any atom is 0.238 e. The quantitative estimate of drug-likeness (QED) is 0.274. The third-order valence-corrected chi connectivity index (χ3v) is 5.06. The van der Waals surface area contributed by atoms with E-state index in [0.717, 1.165) is 50.3 Å². The van der Waals surface area contributed by atoms with Gasteiger partial charge in [0.25, 0.3) is 0 Å². The number of primary sulfonamides is 1. The smallest absolute Gasteiger partial charge is 0.238 e. The van der Waals surface area contributed by atoms with Crippen molar-refractivity contribution in [2.24, 2.45) is 10.1 Å². The second-order valence-electron chi connectivity index (χ2n) is 6.44. The van der Waals surface area contributed by atoms with Crippen molar-refractivity contribution >= 4 is 16.0 Å². The van der Waals surface area contributed by atoms with Crippen LogP contribution < -0.4 is 15.8 Å². The summed E-state index contributed by atoms with van der Waals surface area (Å²) in [5.74, 6) is 1.61. The van der Waals surface area contributed by atoms with Crippen molar-refractivity contribution in [2.75, 3.05) is 26.3 Å². The summed E-state index contributed by atoms with van der Waals surface area (Å²) < 4.78 is 33.4. The number of aliphatic imine (C=N–C) groups is 1. The second-order valence-corrected chi connectivity index (χ2v) is 8.00. The highest BCUT2D eigenvalue weighted by atomic mass is 32.2. The van der Waals surface area contributed by atoms with Crippen LogP contribution in [-0.4, -0.2) is 40.7 Å². The van der Waals surface area contributed by atoms with Gasteiger partial charge in [-0.15, -0.1) is 0 Å². The van der Waals surface area contributed by atoms with Gasteiger partial charge in [0.05, 0.1) is 17.7 Å². The molecule has 0 spiro atoms. The molecule has 2 aromatic rings. The van der Waals surface area contributed by atoms with E-state index in [0.29, 0.717) is 19.0 Å². The maximum absolute atomic E-state index is 11.4. The first kappa shape index (κ1) is 22.9. The van der Waals surface area contributed by atoms with Gasteiger partial charge >= 0.3 is 0 Å². The molecule has 0 aliphatic heterocycles. The van der Waals surface area contributed by atoms with Gasteiger partial charge in [-0.3, -0.25) is 0 Å². The molecule has 0 amide bonds. The molecule has 4 N–H and O–H groups in total. The summed E-state index contributed by atoms with van der Waals surface area (Å²) in [4.78, 5) is 4.68. The molecule has 1 aromatic heterocycles. The SMILES string of the molecule is CCOCCCCNC(=NCc1ccc(S(N)(=O)=O)cc1)NCCc1ccco1. The fourth-order valence-corrected chi connectivity index (χ4v) is 3.08. The Morgan fingerprint density at radius 1 is 1.14 bits per heavy atom. The Kier molecular flexibility index (Phi) is 9.69. The lowest BCUT2D eigenvalue weighted by Crippen LogP contribution is -2.39. The van der Waals surface area contributed by atoms with Crippen LogP contribution in [0.15, 0.2) is 57.0 Å². The Morgan fingerprint density at radius 3 is 2.55 bits per heavy atom. The molecular formula is C20H30N4O4S. The van der Waals surface area contributed by atoms with Crippen molar-refractivity contribution in [3.05, 3.63) is 54.0 Å². The molecule has 0 saturated carbocycles. The van der Waals surface area contributed by atoms with E-state index >= 15 is 0 Å². The summed E-state index contributed by atoms with van der Waals surface area (Å²) in [5.41, 5.74) is 0.890. The Labute approximate surface area is 172 Å². The molecule has 0 fully saturated rings. The standard InChI is InChI=1S/C20H30N4O4S/c1-2-27-14-4-3-12-22-20(23-13-11-18-6-5-15-28-18)24-16-17-7-9-19(10-8-17)29(21,25)26/h5-10,15H,2-4,11-14,16H2,1H3,(H2,21,25,26)(H2,22,23,24). The molecule has 8 nitrogen and oxygen atoms in total. The number of guanidine groups is 1. The van der Waals surface area contributed by atoms with E-state index in [9.17, 15) is 8.42 Å². The van der Waals surface area contributed by atoms with E-state index in [-0.39, 0.29) is 4.90 Å². The van der Waals surface area contributed by atoms with Crippen LogP contribution >= 0.6 is 0 Å². The number of nitrogens with zero attached hydrogens (tertiary/aromatic N) is 1. The van der Waals surface area contributed by atoms with Crippen molar-refractivity contribution in [2.45, 2.75) is 37.6 Å². The largest absolute Gasteiger partial charge is 0.469 e. The van der Waals surface area contributed by atoms with Crippen LogP contribution in [0.4, 0.5) is 0 Å². The van der Waals surface area contributed by atoms with Crippen molar-refractivity contribution in [1.82, 2.24) is 10.6 Å². The predicted octanol–water partition coefficient (Wildman–Crippen LogP) is 2.02. The highest BCUT2D eigenvalue weighted by molar-refractivity contribution is 7.89. The fourth-order valence-electron chi connectivity index (χ4n) is 2.57. The van der Waals surface area contributed by atoms with E-state index in [1.54, 1.807) is 18.4 Å². The van der Waals surface area contributed by atoms with Crippen molar-refractivity contribution < 1.29 is 17.6 Å². The summed E-state index contributed by atoms with van der Waals surface area (Å²) >= 11 is 0. The lowest BCUT2D eigenvalue weighted by Gasteiger charge is -2.12. The zero-order chi connectivity index (χ0) is 21.0. The van der Waals surface area contributed by atoms with E-state index in [1.165, 1.54) is 12.1 Å². The minimum absolute atomic E-state index is 0.0921. The Hall–Kier alpha value is -2.36. The van der Waals surface area contributed by atoms with Gasteiger partial charge in [-0.1, -0.05) is 12.1 Å². The maximum atomic E-state index is 11.4.